The molecule has 4 nitrogen and oxygen atoms in total. The summed E-state index contributed by atoms with van der Waals surface area (Å²) < 4.78 is 45.4. The Morgan fingerprint density at radius 3 is 2.63 bits per heavy atom. The summed E-state index contributed by atoms with van der Waals surface area (Å²) in [7, 11) is 1.23. The number of esters is 1. The highest BCUT2D eigenvalue weighted by Gasteiger charge is 2.33. The molecule has 0 bridgehead atoms. The van der Waals surface area contributed by atoms with Crippen LogP contribution in [0.15, 0.2) is 6.20 Å². The van der Waals surface area contributed by atoms with Crippen LogP contribution in [0.25, 0.3) is 0 Å². The molecular weight excluding hydrogens is 446 g/mol. The molecular formula is C10H8BrF3INO3. The smallest absolute Gasteiger partial charge is 0.469 e. The lowest BCUT2D eigenvalue weighted by molar-refractivity contribution is -0.276. The molecule has 0 saturated heterocycles. The molecule has 1 heterocycles. The van der Waals surface area contributed by atoms with Crippen LogP contribution in [-0.4, -0.2) is 24.4 Å². The van der Waals surface area contributed by atoms with Crippen LogP contribution in [0.5, 0.6) is 5.88 Å². The van der Waals surface area contributed by atoms with E-state index in [2.05, 4.69) is 30.4 Å². The zero-order valence-electron chi connectivity index (χ0n) is 9.55. The minimum absolute atomic E-state index is 0.0614. The first-order chi connectivity index (χ1) is 8.78. The number of halogens is 5. The zero-order valence-corrected chi connectivity index (χ0v) is 13.3. The first-order valence-electron chi connectivity index (χ1n) is 4.83. The van der Waals surface area contributed by atoms with E-state index in [4.69, 9.17) is 0 Å². The van der Waals surface area contributed by atoms with Crippen LogP contribution < -0.4 is 4.74 Å². The van der Waals surface area contributed by atoms with Crippen LogP contribution in [0, 0.1) is 3.57 Å². The normalized spacial score (nSPS) is 11.3. The van der Waals surface area contributed by atoms with Crippen molar-refractivity contribution in [2.75, 3.05) is 7.11 Å². The van der Waals surface area contributed by atoms with Crippen molar-refractivity contribution in [3.8, 4) is 5.88 Å². The number of rotatable bonds is 4. The predicted molar refractivity (Wildman–Crippen MR) is 72.0 cm³/mol. The number of hydrogen-bond donors (Lipinski definition) is 0. The average molecular weight is 454 g/mol. The molecule has 0 unspecified atom stereocenters. The Labute approximate surface area is 128 Å². The first kappa shape index (κ1) is 16.5. The second-order valence-corrected chi connectivity index (χ2v) is 4.95. The standard InChI is InChI=1S/C10H8BrF3INO3/c1-18-7(17)2-5-4-16-9(19-10(12,13)14)6(3-11)8(5)15/h4H,2-3H2,1H3. The number of aromatic nitrogens is 1. The number of ether oxygens (including phenoxy) is 2. The van der Waals surface area contributed by atoms with Crippen molar-refractivity contribution >= 4 is 44.5 Å². The molecule has 0 aromatic carbocycles. The SMILES string of the molecule is COC(=O)Cc1cnc(OC(F)(F)F)c(CBr)c1I. The quantitative estimate of drug-likeness (QED) is 0.399. The van der Waals surface area contributed by atoms with Crippen molar-refractivity contribution in [2.45, 2.75) is 18.1 Å². The Morgan fingerprint density at radius 2 is 2.16 bits per heavy atom. The van der Waals surface area contributed by atoms with E-state index >= 15 is 0 Å². The van der Waals surface area contributed by atoms with Crippen molar-refractivity contribution in [3.05, 3.63) is 20.9 Å². The van der Waals surface area contributed by atoms with Gasteiger partial charge in [0.1, 0.15) is 0 Å². The summed E-state index contributed by atoms with van der Waals surface area (Å²) in [4.78, 5) is 14.8. The molecule has 0 atom stereocenters. The molecule has 1 aromatic rings. The van der Waals surface area contributed by atoms with E-state index in [1.165, 1.54) is 13.3 Å². The van der Waals surface area contributed by atoms with E-state index in [9.17, 15) is 18.0 Å². The van der Waals surface area contributed by atoms with Gasteiger partial charge >= 0.3 is 12.3 Å². The molecule has 0 spiro atoms. The lowest BCUT2D eigenvalue weighted by Gasteiger charge is -2.14. The summed E-state index contributed by atoms with van der Waals surface area (Å²) in [5.41, 5.74) is 0.718. The topological polar surface area (TPSA) is 48.4 Å². The maximum atomic E-state index is 12.2. The van der Waals surface area contributed by atoms with Gasteiger partial charge in [-0.3, -0.25) is 4.79 Å². The van der Waals surface area contributed by atoms with Crippen LogP contribution in [0.1, 0.15) is 11.1 Å². The third kappa shape index (κ3) is 4.79. The van der Waals surface area contributed by atoms with Gasteiger partial charge in [-0.25, -0.2) is 4.98 Å². The van der Waals surface area contributed by atoms with Gasteiger partial charge in [-0.05, 0) is 28.2 Å². The first-order valence-corrected chi connectivity index (χ1v) is 7.03. The van der Waals surface area contributed by atoms with Crippen LogP contribution in [0.4, 0.5) is 13.2 Å². The summed E-state index contributed by atoms with van der Waals surface area (Å²) in [6, 6.07) is 0. The van der Waals surface area contributed by atoms with Gasteiger partial charge in [0.2, 0.25) is 5.88 Å². The molecule has 1 rings (SSSR count). The van der Waals surface area contributed by atoms with Gasteiger partial charge in [-0.15, -0.1) is 13.2 Å². The summed E-state index contributed by atoms with van der Waals surface area (Å²) in [5, 5.41) is 0.124. The summed E-state index contributed by atoms with van der Waals surface area (Å²) in [6.07, 6.45) is -3.70. The fourth-order valence-corrected chi connectivity index (χ4v) is 3.02. The number of carbonyl (C=O) groups excluding carboxylic acids is 1. The van der Waals surface area contributed by atoms with Crippen LogP contribution >= 0.6 is 38.5 Å². The minimum Gasteiger partial charge on any atom is -0.469 e. The molecule has 0 N–H and O–H groups in total. The Bertz CT molecular complexity index is 482. The number of carbonyl (C=O) groups is 1. The fourth-order valence-electron chi connectivity index (χ4n) is 1.22. The van der Waals surface area contributed by atoms with Crippen LogP contribution in [0.3, 0.4) is 0 Å². The lowest BCUT2D eigenvalue weighted by Crippen LogP contribution is -2.20. The highest BCUT2D eigenvalue weighted by Crippen LogP contribution is 2.31. The summed E-state index contributed by atoms with van der Waals surface area (Å²) in [5.74, 6) is -1.02. The molecule has 0 aliphatic carbocycles. The largest absolute Gasteiger partial charge is 0.574 e. The highest BCUT2D eigenvalue weighted by molar-refractivity contribution is 14.1. The number of alkyl halides is 4. The average Bonchev–Trinajstić information content (AvgIpc) is 2.31. The van der Waals surface area contributed by atoms with Crippen molar-refractivity contribution in [1.29, 1.82) is 0 Å². The molecule has 0 aliphatic rings. The van der Waals surface area contributed by atoms with Gasteiger partial charge in [-0.1, -0.05) is 15.9 Å². The monoisotopic (exact) mass is 453 g/mol. The van der Waals surface area contributed by atoms with E-state index in [0.717, 1.165) is 0 Å². The Hall–Kier alpha value is -0.580. The second kappa shape index (κ2) is 6.73. The van der Waals surface area contributed by atoms with Crippen molar-refractivity contribution in [3.63, 3.8) is 0 Å². The molecule has 0 fully saturated rings. The third-order valence-electron chi connectivity index (χ3n) is 2.05. The number of methoxy groups -OCH3 is 1. The van der Waals surface area contributed by atoms with Gasteiger partial charge in [-0.2, -0.15) is 0 Å². The van der Waals surface area contributed by atoms with E-state index < -0.39 is 18.2 Å². The van der Waals surface area contributed by atoms with Crippen LogP contribution in [-0.2, 0) is 21.3 Å². The van der Waals surface area contributed by atoms with Crippen molar-refractivity contribution in [1.82, 2.24) is 4.98 Å². The Balaban J connectivity index is 3.12. The lowest BCUT2D eigenvalue weighted by atomic mass is 10.1. The highest BCUT2D eigenvalue weighted by atomic mass is 127. The third-order valence-corrected chi connectivity index (χ3v) is 3.96. The number of pyridine rings is 1. The molecule has 0 radical (unpaired) electrons. The number of nitrogens with zero attached hydrogens (tertiary/aromatic N) is 1. The maximum Gasteiger partial charge on any atom is 0.574 e. The van der Waals surface area contributed by atoms with E-state index in [0.29, 0.717) is 9.13 Å². The van der Waals surface area contributed by atoms with Gasteiger partial charge in [0.25, 0.3) is 0 Å². The Morgan fingerprint density at radius 1 is 1.53 bits per heavy atom. The molecule has 1 aromatic heterocycles. The molecule has 9 heteroatoms. The molecule has 0 aliphatic heterocycles. The zero-order chi connectivity index (χ0) is 14.6. The van der Waals surface area contributed by atoms with Gasteiger partial charge in [0.15, 0.2) is 0 Å². The van der Waals surface area contributed by atoms with E-state index in [1.54, 1.807) is 0 Å². The Kier molecular flexibility index (Phi) is 5.83. The number of hydrogen-bond acceptors (Lipinski definition) is 4. The summed E-state index contributed by atoms with van der Waals surface area (Å²) in [6.45, 7) is 0. The van der Waals surface area contributed by atoms with Crippen molar-refractivity contribution in [2.24, 2.45) is 0 Å². The van der Waals surface area contributed by atoms with Crippen molar-refractivity contribution < 1.29 is 27.4 Å². The summed E-state index contributed by atoms with van der Waals surface area (Å²) >= 11 is 4.92. The molecule has 0 amide bonds. The molecule has 19 heavy (non-hydrogen) atoms. The van der Waals surface area contributed by atoms with Gasteiger partial charge in [0, 0.05) is 20.7 Å². The van der Waals surface area contributed by atoms with E-state index in [-0.39, 0.29) is 17.3 Å². The molecule has 0 saturated carbocycles. The van der Waals surface area contributed by atoms with Gasteiger partial charge < -0.3 is 9.47 Å². The van der Waals surface area contributed by atoms with Gasteiger partial charge in [0.05, 0.1) is 13.5 Å². The predicted octanol–water partition coefficient (Wildman–Crippen LogP) is 3.20. The molecule has 106 valence electrons. The van der Waals surface area contributed by atoms with E-state index in [1.807, 2.05) is 22.6 Å². The van der Waals surface area contributed by atoms with Crippen LogP contribution in [0.2, 0.25) is 0 Å². The fraction of sp³-hybridized carbons (Fsp3) is 0.400. The minimum atomic E-state index is -4.81. The second-order valence-electron chi connectivity index (χ2n) is 3.32. The maximum absolute atomic E-state index is 12.2.